The fourth-order valence-electron chi connectivity index (χ4n) is 1.09. The summed E-state index contributed by atoms with van der Waals surface area (Å²) in [5.41, 5.74) is 5.90. The predicted octanol–water partition coefficient (Wildman–Crippen LogP) is 1.91. The number of nitrogens with two attached hydrogens (primary N) is 1. The van der Waals surface area contributed by atoms with E-state index in [1.54, 1.807) is 18.3 Å². The number of hydrogen-bond acceptors (Lipinski definition) is 3. The Balaban J connectivity index is 2.64. The third-order valence-corrected chi connectivity index (χ3v) is 2.28. The molecule has 1 aromatic heterocycles. The van der Waals surface area contributed by atoms with Crippen molar-refractivity contribution in [2.24, 2.45) is 5.73 Å². The van der Waals surface area contributed by atoms with Crippen LogP contribution in [0.15, 0.2) is 22.9 Å². The van der Waals surface area contributed by atoms with Crippen LogP contribution >= 0.6 is 15.9 Å². The first-order valence-corrected chi connectivity index (χ1v) is 5.37. The highest BCUT2D eigenvalue weighted by Gasteiger charge is 2.16. The number of nitrogens with one attached hydrogen (secondary N) is 1. The molecule has 0 atom stereocenters. The lowest BCUT2D eigenvalue weighted by Crippen LogP contribution is -2.36. The first-order valence-electron chi connectivity index (χ1n) is 4.58. The SMILES string of the molecule is CC(C)(N)CC(=O)Nc1cccnc1Br. The largest absolute Gasteiger partial charge is 0.325 e. The van der Waals surface area contributed by atoms with Crippen molar-refractivity contribution in [3.63, 3.8) is 0 Å². The molecular weight excluding hydrogens is 258 g/mol. The molecule has 0 aromatic carbocycles. The van der Waals surface area contributed by atoms with Crippen LogP contribution in [-0.2, 0) is 4.79 Å². The fraction of sp³-hybridized carbons (Fsp3) is 0.400. The Morgan fingerprint density at radius 1 is 1.67 bits per heavy atom. The number of halogens is 1. The summed E-state index contributed by atoms with van der Waals surface area (Å²) in [6.45, 7) is 3.62. The fourth-order valence-corrected chi connectivity index (χ4v) is 1.44. The number of carbonyl (C=O) groups is 1. The van der Waals surface area contributed by atoms with E-state index in [1.165, 1.54) is 0 Å². The van der Waals surface area contributed by atoms with Gasteiger partial charge in [0.2, 0.25) is 5.91 Å². The molecule has 0 saturated heterocycles. The summed E-state index contributed by atoms with van der Waals surface area (Å²) < 4.78 is 0.619. The Labute approximate surface area is 97.4 Å². The third-order valence-electron chi connectivity index (χ3n) is 1.65. The minimum absolute atomic E-state index is 0.115. The van der Waals surface area contributed by atoms with Crippen molar-refractivity contribution >= 4 is 27.5 Å². The van der Waals surface area contributed by atoms with Gasteiger partial charge in [0.25, 0.3) is 0 Å². The van der Waals surface area contributed by atoms with Gasteiger partial charge in [-0.15, -0.1) is 0 Å². The van der Waals surface area contributed by atoms with E-state index in [0.29, 0.717) is 10.3 Å². The molecular formula is C10H14BrN3O. The monoisotopic (exact) mass is 271 g/mol. The Bertz CT molecular complexity index is 360. The number of hydrogen-bond donors (Lipinski definition) is 2. The maximum absolute atomic E-state index is 11.5. The van der Waals surface area contributed by atoms with E-state index in [2.05, 4.69) is 26.2 Å². The molecule has 5 heteroatoms. The summed E-state index contributed by atoms with van der Waals surface area (Å²) in [5, 5.41) is 2.74. The molecule has 0 spiro atoms. The molecule has 1 heterocycles. The molecule has 1 aromatic rings. The molecule has 1 amide bonds. The van der Waals surface area contributed by atoms with Gasteiger partial charge in [-0.05, 0) is 41.9 Å². The Hall–Kier alpha value is -0.940. The maximum atomic E-state index is 11.5. The molecule has 0 unspecified atom stereocenters. The summed E-state index contributed by atoms with van der Waals surface area (Å²) in [5.74, 6) is -0.115. The van der Waals surface area contributed by atoms with Crippen molar-refractivity contribution in [1.29, 1.82) is 0 Å². The van der Waals surface area contributed by atoms with Crippen LogP contribution in [0.2, 0.25) is 0 Å². The number of pyridine rings is 1. The summed E-state index contributed by atoms with van der Waals surface area (Å²) in [7, 11) is 0. The van der Waals surface area contributed by atoms with Gasteiger partial charge in [0, 0.05) is 18.2 Å². The Morgan fingerprint density at radius 3 is 2.87 bits per heavy atom. The quantitative estimate of drug-likeness (QED) is 0.826. The number of carbonyl (C=O) groups excluding carboxylic acids is 1. The van der Waals surface area contributed by atoms with Gasteiger partial charge in [-0.1, -0.05) is 0 Å². The lowest BCUT2D eigenvalue weighted by atomic mass is 10.0. The van der Waals surface area contributed by atoms with Crippen molar-refractivity contribution in [2.45, 2.75) is 25.8 Å². The summed E-state index contributed by atoms with van der Waals surface area (Å²) in [6, 6.07) is 3.53. The van der Waals surface area contributed by atoms with Gasteiger partial charge in [-0.2, -0.15) is 0 Å². The Kier molecular flexibility index (Phi) is 3.82. The molecule has 15 heavy (non-hydrogen) atoms. The second-order valence-corrected chi connectivity index (χ2v) is 4.81. The van der Waals surface area contributed by atoms with Crippen LogP contribution in [0.1, 0.15) is 20.3 Å². The van der Waals surface area contributed by atoms with Crippen molar-refractivity contribution < 1.29 is 4.79 Å². The normalized spacial score (nSPS) is 11.2. The van der Waals surface area contributed by atoms with E-state index in [9.17, 15) is 4.79 Å². The van der Waals surface area contributed by atoms with Crippen LogP contribution in [0.3, 0.4) is 0 Å². The second-order valence-electron chi connectivity index (χ2n) is 4.06. The van der Waals surface area contributed by atoms with Crippen molar-refractivity contribution in [3.05, 3.63) is 22.9 Å². The van der Waals surface area contributed by atoms with Crippen LogP contribution in [0.5, 0.6) is 0 Å². The van der Waals surface area contributed by atoms with Crippen LogP contribution in [0, 0.1) is 0 Å². The minimum Gasteiger partial charge on any atom is -0.325 e. The zero-order chi connectivity index (χ0) is 11.5. The molecule has 0 radical (unpaired) electrons. The maximum Gasteiger partial charge on any atom is 0.226 e. The molecule has 0 aliphatic rings. The first-order chi connectivity index (χ1) is 6.88. The molecule has 3 N–H and O–H groups in total. The van der Waals surface area contributed by atoms with Crippen LogP contribution in [-0.4, -0.2) is 16.4 Å². The van der Waals surface area contributed by atoms with Crippen LogP contribution < -0.4 is 11.1 Å². The molecule has 0 fully saturated rings. The van der Waals surface area contributed by atoms with Gasteiger partial charge in [0.15, 0.2) is 0 Å². The van der Waals surface area contributed by atoms with E-state index in [0.717, 1.165) is 0 Å². The summed E-state index contributed by atoms with van der Waals surface area (Å²) >= 11 is 3.25. The van der Waals surface area contributed by atoms with Gasteiger partial charge in [-0.3, -0.25) is 4.79 Å². The smallest absolute Gasteiger partial charge is 0.226 e. The molecule has 1 rings (SSSR count). The molecule has 4 nitrogen and oxygen atoms in total. The van der Waals surface area contributed by atoms with Gasteiger partial charge in [0.05, 0.1) is 5.69 Å². The van der Waals surface area contributed by atoms with Crippen molar-refractivity contribution in [2.75, 3.05) is 5.32 Å². The number of anilines is 1. The average Bonchev–Trinajstić information content (AvgIpc) is 2.05. The van der Waals surface area contributed by atoms with Gasteiger partial charge in [-0.25, -0.2) is 4.98 Å². The number of rotatable bonds is 3. The number of aromatic nitrogens is 1. The zero-order valence-electron chi connectivity index (χ0n) is 8.75. The van der Waals surface area contributed by atoms with Crippen LogP contribution in [0.4, 0.5) is 5.69 Å². The van der Waals surface area contributed by atoms with Crippen molar-refractivity contribution in [3.8, 4) is 0 Å². The summed E-state index contributed by atoms with van der Waals surface area (Å²) in [6.07, 6.45) is 1.92. The average molecular weight is 272 g/mol. The Morgan fingerprint density at radius 2 is 2.33 bits per heavy atom. The molecule has 82 valence electrons. The standard InChI is InChI=1S/C10H14BrN3O/c1-10(2,12)6-8(15)14-7-4-3-5-13-9(7)11/h3-5H,6,12H2,1-2H3,(H,14,15). The highest BCUT2D eigenvalue weighted by Crippen LogP contribution is 2.19. The minimum atomic E-state index is -0.501. The van der Waals surface area contributed by atoms with Gasteiger partial charge >= 0.3 is 0 Å². The van der Waals surface area contributed by atoms with E-state index < -0.39 is 5.54 Å². The van der Waals surface area contributed by atoms with E-state index in [4.69, 9.17) is 5.73 Å². The lowest BCUT2D eigenvalue weighted by molar-refractivity contribution is -0.117. The number of amides is 1. The third kappa shape index (κ3) is 4.40. The number of nitrogens with zero attached hydrogens (tertiary/aromatic N) is 1. The lowest BCUT2D eigenvalue weighted by Gasteiger charge is -2.17. The topological polar surface area (TPSA) is 68.0 Å². The van der Waals surface area contributed by atoms with E-state index >= 15 is 0 Å². The first kappa shape index (κ1) is 12.1. The highest BCUT2D eigenvalue weighted by molar-refractivity contribution is 9.10. The van der Waals surface area contributed by atoms with E-state index in [-0.39, 0.29) is 12.3 Å². The molecule has 0 aliphatic carbocycles. The second kappa shape index (κ2) is 4.72. The van der Waals surface area contributed by atoms with Crippen molar-refractivity contribution in [1.82, 2.24) is 4.98 Å². The predicted molar refractivity (Wildman–Crippen MR) is 63.5 cm³/mol. The van der Waals surface area contributed by atoms with Gasteiger partial charge in [0.1, 0.15) is 4.60 Å². The zero-order valence-corrected chi connectivity index (χ0v) is 10.3. The van der Waals surface area contributed by atoms with E-state index in [1.807, 2.05) is 13.8 Å². The highest BCUT2D eigenvalue weighted by atomic mass is 79.9. The summed E-state index contributed by atoms with van der Waals surface area (Å²) in [4.78, 5) is 15.5. The van der Waals surface area contributed by atoms with Crippen LogP contribution in [0.25, 0.3) is 0 Å². The molecule has 0 aliphatic heterocycles. The molecule has 0 saturated carbocycles. The molecule has 0 bridgehead atoms. The van der Waals surface area contributed by atoms with Gasteiger partial charge < -0.3 is 11.1 Å².